The Morgan fingerprint density at radius 2 is 2.05 bits per heavy atom. The molecule has 0 unspecified atom stereocenters. The van der Waals surface area contributed by atoms with E-state index in [1.54, 1.807) is 18.2 Å². The van der Waals surface area contributed by atoms with Gasteiger partial charge in [-0.15, -0.1) is 0 Å². The molecule has 2 aromatic rings. The van der Waals surface area contributed by atoms with Crippen LogP contribution in [0.4, 0.5) is 5.69 Å². The van der Waals surface area contributed by atoms with Gasteiger partial charge in [-0.3, -0.25) is 15.5 Å². The quantitative estimate of drug-likeness (QED) is 0.383. The van der Waals surface area contributed by atoms with E-state index in [1.807, 2.05) is 6.07 Å². The van der Waals surface area contributed by atoms with E-state index >= 15 is 0 Å². The summed E-state index contributed by atoms with van der Waals surface area (Å²) in [5, 5.41) is 18.3. The minimum atomic E-state index is -0.527. The summed E-state index contributed by atoms with van der Waals surface area (Å²) in [6, 6.07) is 11.1. The van der Waals surface area contributed by atoms with Gasteiger partial charge in [0.05, 0.1) is 9.95 Å². The van der Waals surface area contributed by atoms with Crippen LogP contribution in [0, 0.1) is 15.5 Å². The van der Waals surface area contributed by atoms with Gasteiger partial charge in [-0.25, -0.2) is 0 Å². The summed E-state index contributed by atoms with van der Waals surface area (Å²) >= 11 is 5.95. The van der Waals surface area contributed by atoms with Crippen LogP contribution in [0.2, 0.25) is 5.02 Å². The lowest BCUT2D eigenvalue weighted by Crippen LogP contribution is -2.14. The van der Waals surface area contributed by atoms with Crippen molar-refractivity contribution >= 4 is 23.1 Å². The fraction of sp³-hybridized carbons (Fsp3) is 0.0714. The molecular formula is C14H12ClN3O3. The van der Waals surface area contributed by atoms with Crippen LogP contribution < -0.4 is 10.5 Å². The summed E-state index contributed by atoms with van der Waals surface area (Å²) in [4.78, 5) is 10.1. The van der Waals surface area contributed by atoms with E-state index < -0.39 is 4.92 Å². The molecular weight excluding hydrogens is 294 g/mol. The molecule has 0 aliphatic heterocycles. The van der Waals surface area contributed by atoms with Crippen LogP contribution in [0.1, 0.15) is 11.1 Å². The Labute approximate surface area is 125 Å². The number of nitrogens with zero attached hydrogens (tertiary/aromatic N) is 1. The van der Waals surface area contributed by atoms with Gasteiger partial charge in [0.25, 0.3) is 5.69 Å². The van der Waals surface area contributed by atoms with Crippen molar-refractivity contribution in [2.45, 2.75) is 6.61 Å². The molecule has 7 heteroatoms. The lowest BCUT2D eigenvalue weighted by Gasteiger charge is -2.11. The molecule has 2 rings (SSSR count). The highest BCUT2D eigenvalue weighted by atomic mass is 35.5. The largest absolute Gasteiger partial charge is 0.487 e. The van der Waals surface area contributed by atoms with Crippen LogP contribution in [-0.2, 0) is 6.61 Å². The Morgan fingerprint density at radius 1 is 1.33 bits per heavy atom. The van der Waals surface area contributed by atoms with Crippen molar-refractivity contribution in [1.82, 2.24) is 0 Å². The van der Waals surface area contributed by atoms with Crippen molar-refractivity contribution in [3.05, 3.63) is 68.7 Å². The first-order chi connectivity index (χ1) is 9.99. The lowest BCUT2D eigenvalue weighted by molar-refractivity contribution is -0.384. The van der Waals surface area contributed by atoms with Crippen molar-refractivity contribution in [3.63, 3.8) is 0 Å². The highest BCUT2D eigenvalue weighted by Gasteiger charge is 2.11. The monoisotopic (exact) mass is 305 g/mol. The first-order valence-corrected chi connectivity index (χ1v) is 6.36. The molecule has 108 valence electrons. The zero-order chi connectivity index (χ0) is 15.4. The maximum absolute atomic E-state index is 10.6. The summed E-state index contributed by atoms with van der Waals surface area (Å²) in [6.07, 6.45) is 0. The average Bonchev–Trinajstić information content (AvgIpc) is 2.46. The third-order valence-corrected chi connectivity index (χ3v) is 3.11. The second kappa shape index (κ2) is 6.23. The molecule has 0 fully saturated rings. The minimum absolute atomic E-state index is 0.0519. The molecule has 0 spiro atoms. The number of nitrogen functional groups attached to an aromatic ring is 1. The number of hydrogen-bond acceptors (Lipinski definition) is 4. The number of non-ortho nitro benzene ring substituents is 1. The molecule has 0 heterocycles. The Balaban J connectivity index is 2.17. The van der Waals surface area contributed by atoms with E-state index in [2.05, 4.69) is 0 Å². The van der Waals surface area contributed by atoms with Gasteiger partial charge in [-0.05, 0) is 6.07 Å². The average molecular weight is 306 g/mol. The third kappa shape index (κ3) is 3.49. The summed E-state index contributed by atoms with van der Waals surface area (Å²) in [5.74, 6) is 0.282. The fourth-order valence-electron chi connectivity index (χ4n) is 1.78. The molecule has 0 amide bonds. The molecule has 0 atom stereocenters. The SMILES string of the molecule is N=C(N)c1ccccc1COc1ccc([N+](=O)[O-])cc1Cl. The van der Waals surface area contributed by atoms with Crippen LogP contribution in [0.15, 0.2) is 42.5 Å². The molecule has 21 heavy (non-hydrogen) atoms. The molecule has 0 aromatic heterocycles. The van der Waals surface area contributed by atoms with E-state index in [-0.39, 0.29) is 23.2 Å². The Bertz CT molecular complexity index is 704. The van der Waals surface area contributed by atoms with Crippen LogP contribution in [0.5, 0.6) is 5.75 Å². The summed E-state index contributed by atoms with van der Waals surface area (Å²) in [6.45, 7) is 0.160. The second-order valence-electron chi connectivity index (χ2n) is 4.23. The van der Waals surface area contributed by atoms with Crippen molar-refractivity contribution in [2.24, 2.45) is 5.73 Å². The standard InChI is InChI=1S/C14H12ClN3O3/c15-12-7-10(18(19)20)5-6-13(12)21-8-9-3-1-2-4-11(9)14(16)17/h1-7H,8H2,(H3,16,17). The van der Waals surface area contributed by atoms with Crippen molar-refractivity contribution in [3.8, 4) is 5.75 Å². The minimum Gasteiger partial charge on any atom is -0.487 e. The van der Waals surface area contributed by atoms with E-state index in [1.165, 1.54) is 18.2 Å². The smallest absolute Gasteiger partial charge is 0.271 e. The fourth-order valence-corrected chi connectivity index (χ4v) is 2.01. The van der Waals surface area contributed by atoms with Gasteiger partial charge < -0.3 is 10.5 Å². The number of halogens is 1. The van der Waals surface area contributed by atoms with Gasteiger partial charge in [-0.1, -0.05) is 35.9 Å². The topological polar surface area (TPSA) is 102 Å². The van der Waals surface area contributed by atoms with Gasteiger partial charge in [-0.2, -0.15) is 0 Å². The van der Waals surface area contributed by atoms with E-state index in [0.29, 0.717) is 11.3 Å². The van der Waals surface area contributed by atoms with Gasteiger partial charge in [0, 0.05) is 23.3 Å². The summed E-state index contributed by atoms with van der Waals surface area (Å²) < 4.78 is 5.54. The molecule has 0 radical (unpaired) electrons. The molecule has 0 saturated carbocycles. The third-order valence-electron chi connectivity index (χ3n) is 2.82. The number of hydrogen-bond donors (Lipinski definition) is 2. The van der Waals surface area contributed by atoms with Crippen LogP contribution >= 0.6 is 11.6 Å². The number of nitrogens with two attached hydrogens (primary N) is 1. The summed E-state index contributed by atoms with van der Waals surface area (Å²) in [7, 11) is 0. The number of ether oxygens (including phenoxy) is 1. The summed E-state index contributed by atoms with van der Waals surface area (Å²) in [5.41, 5.74) is 6.71. The highest BCUT2D eigenvalue weighted by Crippen LogP contribution is 2.29. The first kappa shape index (κ1) is 14.8. The van der Waals surface area contributed by atoms with Gasteiger partial charge in [0.2, 0.25) is 0 Å². The lowest BCUT2D eigenvalue weighted by atomic mass is 10.1. The molecule has 0 aliphatic rings. The molecule has 0 bridgehead atoms. The van der Waals surface area contributed by atoms with Gasteiger partial charge in [0.1, 0.15) is 18.2 Å². The normalized spacial score (nSPS) is 10.1. The number of amidine groups is 1. The van der Waals surface area contributed by atoms with E-state index in [9.17, 15) is 10.1 Å². The van der Waals surface area contributed by atoms with E-state index in [4.69, 9.17) is 27.5 Å². The molecule has 0 aliphatic carbocycles. The van der Waals surface area contributed by atoms with Crippen molar-refractivity contribution in [1.29, 1.82) is 5.41 Å². The predicted octanol–water partition coefficient (Wildman–Crippen LogP) is 3.11. The Kier molecular flexibility index (Phi) is 4.39. The molecule has 0 saturated heterocycles. The van der Waals surface area contributed by atoms with Crippen molar-refractivity contribution in [2.75, 3.05) is 0 Å². The zero-order valence-corrected chi connectivity index (χ0v) is 11.6. The first-order valence-electron chi connectivity index (χ1n) is 5.98. The zero-order valence-electron chi connectivity index (χ0n) is 10.9. The van der Waals surface area contributed by atoms with Gasteiger partial charge >= 0.3 is 0 Å². The van der Waals surface area contributed by atoms with Crippen LogP contribution in [0.25, 0.3) is 0 Å². The number of benzene rings is 2. The maximum atomic E-state index is 10.6. The van der Waals surface area contributed by atoms with Gasteiger partial charge in [0.15, 0.2) is 0 Å². The Hall–Kier alpha value is -2.60. The van der Waals surface area contributed by atoms with Crippen molar-refractivity contribution < 1.29 is 9.66 Å². The second-order valence-corrected chi connectivity index (χ2v) is 4.64. The van der Waals surface area contributed by atoms with Crippen LogP contribution in [-0.4, -0.2) is 10.8 Å². The Morgan fingerprint density at radius 3 is 2.67 bits per heavy atom. The van der Waals surface area contributed by atoms with E-state index in [0.717, 1.165) is 5.56 Å². The molecule has 3 N–H and O–H groups in total. The number of rotatable bonds is 5. The molecule has 6 nitrogen and oxygen atoms in total. The predicted molar refractivity (Wildman–Crippen MR) is 79.9 cm³/mol. The number of nitro groups is 1. The number of nitrogens with one attached hydrogen (secondary N) is 1. The maximum Gasteiger partial charge on any atom is 0.271 e. The molecule has 2 aromatic carbocycles. The number of nitro benzene ring substituents is 1. The van der Waals surface area contributed by atoms with Crippen LogP contribution in [0.3, 0.4) is 0 Å². The highest BCUT2D eigenvalue weighted by molar-refractivity contribution is 6.32.